The summed E-state index contributed by atoms with van der Waals surface area (Å²) in [7, 11) is 3.73. The molecule has 0 aromatic heterocycles. The van der Waals surface area contributed by atoms with E-state index in [0.717, 1.165) is 49.2 Å². The minimum Gasteiger partial charge on any atom is -0.486 e. The van der Waals surface area contributed by atoms with Crippen LogP contribution in [0, 0.1) is 0 Å². The van der Waals surface area contributed by atoms with Crippen LogP contribution < -0.4 is 15.4 Å². The van der Waals surface area contributed by atoms with E-state index in [2.05, 4.69) is 10.6 Å². The van der Waals surface area contributed by atoms with Crippen molar-refractivity contribution in [1.29, 1.82) is 0 Å². The van der Waals surface area contributed by atoms with Gasteiger partial charge in [0.25, 0.3) is 0 Å². The molecule has 3 N–H and O–H groups in total. The van der Waals surface area contributed by atoms with Crippen LogP contribution in [0.1, 0.15) is 41.7 Å². The summed E-state index contributed by atoms with van der Waals surface area (Å²) in [6.45, 7) is 1.59. The van der Waals surface area contributed by atoms with Gasteiger partial charge in [-0.15, -0.1) is 12.4 Å². The van der Waals surface area contributed by atoms with Crippen molar-refractivity contribution in [3.8, 4) is 5.75 Å². The van der Waals surface area contributed by atoms with Gasteiger partial charge in [0.1, 0.15) is 11.9 Å². The van der Waals surface area contributed by atoms with E-state index >= 15 is 0 Å². The van der Waals surface area contributed by atoms with E-state index in [1.807, 2.05) is 74.8 Å². The molecule has 35 heavy (non-hydrogen) atoms. The molecule has 0 aliphatic carbocycles. The fraction of sp³-hybridized carbons (Fsp3) is 0.333. The number of hydrogen-bond acceptors (Lipinski definition) is 4. The largest absolute Gasteiger partial charge is 0.486 e. The van der Waals surface area contributed by atoms with Gasteiger partial charge in [0.2, 0.25) is 0 Å². The molecule has 192 valence electrons. The quantitative estimate of drug-likeness (QED) is 0.304. The minimum atomic E-state index is -4.33. The van der Waals surface area contributed by atoms with Crippen LogP contribution >= 0.6 is 12.4 Å². The Morgan fingerprint density at radius 1 is 0.743 bits per heavy atom. The first kappa shape index (κ1) is 30.5. The normalized spacial score (nSPS) is 12.5. The molecule has 3 rings (SSSR count). The zero-order chi connectivity index (χ0) is 24.8. The molecule has 0 heterocycles. The molecule has 8 heteroatoms. The number of alkyl halides is 3. The summed E-state index contributed by atoms with van der Waals surface area (Å²) in [6, 6.07) is 24.2. The minimum absolute atomic E-state index is 0. The number of nitrogens with one attached hydrogen (secondary N) is 2. The highest BCUT2D eigenvalue weighted by atomic mass is 35.5. The Morgan fingerprint density at radius 2 is 1.23 bits per heavy atom. The van der Waals surface area contributed by atoms with Gasteiger partial charge >= 0.3 is 6.18 Å². The first-order valence-electron chi connectivity index (χ1n) is 11.3. The van der Waals surface area contributed by atoms with Crippen LogP contribution in [0.4, 0.5) is 13.2 Å². The average Bonchev–Trinajstić information content (AvgIpc) is 2.86. The predicted octanol–water partition coefficient (Wildman–Crippen LogP) is 6.19. The Hall–Kier alpha value is -2.58. The molecular formula is C27H34ClF3N2O2. The summed E-state index contributed by atoms with van der Waals surface area (Å²) >= 11 is 0. The van der Waals surface area contributed by atoms with Crippen molar-refractivity contribution in [1.82, 2.24) is 10.6 Å². The number of hydrogen-bond donors (Lipinski definition) is 3. The molecule has 0 radical (unpaired) electrons. The number of aliphatic hydroxyl groups is 1. The van der Waals surface area contributed by atoms with Gasteiger partial charge in [-0.2, -0.15) is 13.2 Å². The highest BCUT2D eigenvalue weighted by Gasteiger charge is 2.30. The van der Waals surface area contributed by atoms with E-state index < -0.39 is 11.7 Å². The molecular weight excluding hydrogens is 477 g/mol. The first-order valence-corrected chi connectivity index (χ1v) is 11.3. The highest BCUT2D eigenvalue weighted by Crippen LogP contribution is 2.31. The third-order valence-electron chi connectivity index (χ3n) is 5.14. The lowest BCUT2D eigenvalue weighted by atomic mass is 10.1. The molecule has 4 nitrogen and oxygen atoms in total. The average molecular weight is 511 g/mol. The molecule has 3 aromatic rings. The SMILES string of the molecule is CNCCC(O)c1ccccc1.CNCCC(Oc1ccc(C(F)(F)F)cc1)c1ccccc1.Cl. The summed E-state index contributed by atoms with van der Waals surface area (Å²) in [6.07, 6.45) is -3.38. The van der Waals surface area contributed by atoms with Crippen molar-refractivity contribution >= 4 is 12.4 Å². The monoisotopic (exact) mass is 510 g/mol. The summed E-state index contributed by atoms with van der Waals surface area (Å²) in [5.74, 6) is 0.429. The van der Waals surface area contributed by atoms with E-state index in [9.17, 15) is 18.3 Å². The molecule has 0 bridgehead atoms. The molecule has 2 unspecified atom stereocenters. The Morgan fingerprint density at radius 3 is 1.71 bits per heavy atom. The topological polar surface area (TPSA) is 53.5 Å². The van der Waals surface area contributed by atoms with Crippen LogP contribution in [0.3, 0.4) is 0 Å². The lowest BCUT2D eigenvalue weighted by Crippen LogP contribution is -2.16. The molecule has 0 aliphatic rings. The van der Waals surface area contributed by atoms with E-state index in [-0.39, 0.29) is 24.6 Å². The van der Waals surface area contributed by atoms with Crippen molar-refractivity contribution in [3.63, 3.8) is 0 Å². The smallest absolute Gasteiger partial charge is 0.416 e. The second kappa shape index (κ2) is 16.2. The van der Waals surface area contributed by atoms with E-state index in [1.54, 1.807) is 0 Å². The maximum atomic E-state index is 12.6. The van der Waals surface area contributed by atoms with Gasteiger partial charge in [-0.05, 0) is 69.0 Å². The predicted molar refractivity (Wildman–Crippen MR) is 137 cm³/mol. The van der Waals surface area contributed by atoms with Crippen LogP contribution in [0.5, 0.6) is 5.75 Å². The fourth-order valence-electron chi connectivity index (χ4n) is 3.25. The van der Waals surface area contributed by atoms with Gasteiger partial charge < -0.3 is 20.5 Å². The van der Waals surface area contributed by atoms with Gasteiger partial charge in [0.05, 0.1) is 11.7 Å². The Kier molecular flexibility index (Phi) is 14.1. The third kappa shape index (κ3) is 11.1. The van der Waals surface area contributed by atoms with Gasteiger partial charge in [0, 0.05) is 6.42 Å². The van der Waals surface area contributed by atoms with Crippen LogP contribution in [-0.4, -0.2) is 32.3 Å². The van der Waals surface area contributed by atoms with Crippen LogP contribution in [-0.2, 0) is 6.18 Å². The summed E-state index contributed by atoms with van der Waals surface area (Å²) in [5, 5.41) is 15.7. The number of rotatable bonds is 10. The van der Waals surface area contributed by atoms with Crippen molar-refractivity contribution < 1.29 is 23.0 Å². The maximum absolute atomic E-state index is 12.6. The van der Waals surface area contributed by atoms with Crippen molar-refractivity contribution in [2.45, 2.75) is 31.2 Å². The molecule has 0 fully saturated rings. The van der Waals surface area contributed by atoms with Gasteiger partial charge in [0.15, 0.2) is 0 Å². The zero-order valence-electron chi connectivity index (χ0n) is 20.0. The summed E-state index contributed by atoms with van der Waals surface area (Å²) in [5.41, 5.74) is 1.32. The second-order valence-corrected chi connectivity index (χ2v) is 7.75. The highest BCUT2D eigenvalue weighted by molar-refractivity contribution is 5.85. The zero-order valence-corrected chi connectivity index (χ0v) is 20.8. The second-order valence-electron chi connectivity index (χ2n) is 7.75. The van der Waals surface area contributed by atoms with Gasteiger partial charge in [-0.3, -0.25) is 0 Å². The van der Waals surface area contributed by atoms with Crippen LogP contribution in [0.25, 0.3) is 0 Å². The number of benzene rings is 3. The molecule has 0 saturated heterocycles. The summed E-state index contributed by atoms with van der Waals surface area (Å²) < 4.78 is 43.6. The summed E-state index contributed by atoms with van der Waals surface area (Å²) in [4.78, 5) is 0. The van der Waals surface area contributed by atoms with Gasteiger partial charge in [-0.25, -0.2) is 0 Å². The van der Waals surface area contributed by atoms with E-state index in [0.29, 0.717) is 5.75 Å². The van der Waals surface area contributed by atoms with Crippen molar-refractivity contribution in [2.24, 2.45) is 0 Å². The fourth-order valence-corrected chi connectivity index (χ4v) is 3.25. The number of aliphatic hydroxyl groups excluding tert-OH is 1. The standard InChI is InChI=1S/C17H18F3NO.C10H15NO.ClH/c1-21-12-11-16(13-5-3-2-4-6-13)22-15-9-7-14(8-10-15)17(18,19)20;1-11-8-7-10(12)9-5-3-2-4-6-9;/h2-10,16,21H,11-12H2,1H3;2-6,10-12H,7-8H2,1H3;1H. The third-order valence-corrected chi connectivity index (χ3v) is 5.14. The molecule has 0 aliphatic heterocycles. The van der Waals surface area contributed by atoms with Gasteiger partial charge in [-0.1, -0.05) is 60.7 Å². The molecule has 0 saturated carbocycles. The Bertz CT molecular complexity index is 927. The van der Waals surface area contributed by atoms with Crippen LogP contribution in [0.15, 0.2) is 84.9 Å². The number of halogens is 4. The lowest BCUT2D eigenvalue weighted by Gasteiger charge is -2.20. The van der Waals surface area contributed by atoms with E-state index in [4.69, 9.17) is 4.74 Å². The molecule has 3 aromatic carbocycles. The Balaban J connectivity index is 0.000000401. The van der Waals surface area contributed by atoms with E-state index in [1.165, 1.54) is 12.1 Å². The van der Waals surface area contributed by atoms with Crippen molar-refractivity contribution in [3.05, 3.63) is 102 Å². The molecule has 0 spiro atoms. The first-order chi connectivity index (χ1) is 16.3. The maximum Gasteiger partial charge on any atom is 0.416 e. The van der Waals surface area contributed by atoms with Crippen molar-refractivity contribution in [2.75, 3.05) is 27.2 Å². The molecule has 2 atom stereocenters. The molecule has 0 amide bonds. The lowest BCUT2D eigenvalue weighted by molar-refractivity contribution is -0.137. The Labute approximate surface area is 211 Å². The van der Waals surface area contributed by atoms with Crippen LogP contribution in [0.2, 0.25) is 0 Å². The number of ether oxygens (including phenoxy) is 1.